The molecule has 0 aromatic heterocycles. The van der Waals surface area contributed by atoms with Gasteiger partial charge in [0.05, 0.1) is 30.9 Å². The van der Waals surface area contributed by atoms with Crippen molar-refractivity contribution in [3.63, 3.8) is 0 Å². The van der Waals surface area contributed by atoms with Crippen molar-refractivity contribution in [2.24, 2.45) is 5.92 Å². The Labute approximate surface area is 96.0 Å². The van der Waals surface area contributed by atoms with Crippen molar-refractivity contribution in [3.8, 4) is 0 Å². The van der Waals surface area contributed by atoms with Crippen molar-refractivity contribution < 1.29 is 18.3 Å². The van der Waals surface area contributed by atoms with Crippen LogP contribution in [-0.2, 0) is 9.53 Å². The van der Waals surface area contributed by atoms with Gasteiger partial charge in [-0.3, -0.25) is 4.79 Å². The van der Waals surface area contributed by atoms with Crippen LogP contribution < -0.4 is 10.6 Å². The number of benzene rings is 1. The molecule has 6 heteroatoms. The summed E-state index contributed by atoms with van der Waals surface area (Å²) in [5, 5.41) is 5.41. The van der Waals surface area contributed by atoms with Gasteiger partial charge in [-0.05, 0) is 6.07 Å². The van der Waals surface area contributed by atoms with Crippen LogP contribution in [0.5, 0.6) is 0 Å². The lowest BCUT2D eigenvalue weighted by molar-refractivity contribution is -0.119. The third kappa shape index (κ3) is 1.64. The third-order valence-corrected chi connectivity index (χ3v) is 3.06. The molecule has 2 aliphatic heterocycles. The van der Waals surface area contributed by atoms with Gasteiger partial charge in [-0.1, -0.05) is 0 Å². The van der Waals surface area contributed by atoms with Crippen molar-refractivity contribution in [2.45, 2.75) is 6.04 Å². The number of carbonyl (C=O) groups excluding carboxylic acids is 1. The van der Waals surface area contributed by atoms with Crippen LogP contribution in [0.1, 0.15) is 0 Å². The van der Waals surface area contributed by atoms with Gasteiger partial charge in [0.25, 0.3) is 0 Å². The molecule has 90 valence electrons. The van der Waals surface area contributed by atoms with Gasteiger partial charge in [0.15, 0.2) is 5.82 Å². The molecule has 3 rings (SSSR count). The normalized spacial score (nSPS) is 26.6. The standard InChI is InChI=1S/C11H10F2N2O2/c12-5-1-7(13)10-8(2-5)14-9-4-17-3-6(9)11(16)15-10/h1-2,6,9,14H,3-4H2,(H,15,16). The molecule has 2 N–H and O–H groups in total. The number of halogens is 2. The molecule has 0 saturated carbocycles. The monoisotopic (exact) mass is 240 g/mol. The lowest BCUT2D eigenvalue weighted by Gasteiger charge is -2.14. The lowest BCUT2D eigenvalue weighted by atomic mass is 10.0. The SMILES string of the molecule is O=C1Nc2c(F)cc(F)cc2NC2COCC12. The lowest BCUT2D eigenvalue weighted by Crippen LogP contribution is -2.33. The maximum absolute atomic E-state index is 13.5. The van der Waals surface area contributed by atoms with Crippen molar-refractivity contribution in [1.82, 2.24) is 0 Å². The highest BCUT2D eigenvalue weighted by atomic mass is 19.1. The minimum absolute atomic E-state index is 0.00537. The number of rotatable bonds is 0. The van der Waals surface area contributed by atoms with Crippen molar-refractivity contribution in [1.29, 1.82) is 0 Å². The van der Waals surface area contributed by atoms with E-state index in [1.807, 2.05) is 0 Å². The van der Waals surface area contributed by atoms with E-state index >= 15 is 0 Å². The molecule has 4 nitrogen and oxygen atoms in total. The Morgan fingerprint density at radius 2 is 2.12 bits per heavy atom. The molecule has 1 fully saturated rings. The summed E-state index contributed by atoms with van der Waals surface area (Å²) in [5.74, 6) is -2.13. The Kier molecular flexibility index (Phi) is 2.25. The quantitative estimate of drug-likeness (QED) is 0.719. The Morgan fingerprint density at radius 1 is 1.29 bits per heavy atom. The molecule has 2 atom stereocenters. The fourth-order valence-electron chi connectivity index (χ4n) is 2.19. The van der Waals surface area contributed by atoms with E-state index in [0.717, 1.165) is 6.07 Å². The largest absolute Gasteiger partial charge is 0.378 e. The number of hydrogen-bond donors (Lipinski definition) is 2. The van der Waals surface area contributed by atoms with Crippen LogP contribution in [0.25, 0.3) is 0 Å². The molecule has 0 radical (unpaired) electrons. The fourth-order valence-corrected chi connectivity index (χ4v) is 2.19. The van der Waals surface area contributed by atoms with Crippen molar-refractivity contribution in [3.05, 3.63) is 23.8 Å². The van der Waals surface area contributed by atoms with E-state index in [1.54, 1.807) is 0 Å². The summed E-state index contributed by atoms with van der Waals surface area (Å²) in [6.07, 6.45) is 0. The highest BCUT2D eigenvalue weighted by Crippen LogP contribution is 2.33. The number of fused-ring (bicyclic) bond motifs is 2. The van der Waals surface area contributed by atoms with E-state index in [4.69, 9.17) is 4.74 Å². The molecule has 1 aromatic carbocycles. The van der Waals surface area contributed by atoms with Crippen LogP contribution in [0.3, 0.4) is 0 Å². The van der Waals surface area contributed by atoms with E-state index in [-0.39, 0.29) is 29.2 Å². The van der Waals surface area contributed by atoms with Crippen LogP contribution in [0.15, 0.2) is 12.1 Å². The maximum atomic E-state index is 13.5. The number of hydrogen-bond acceptors (Lipinski definition) is 3. The van der Waals surface area contributed by atoms with Gasteiger partial charge < -0.3 is 15.4 Å². The molecule has 2 heterocycles. The summed E-state index contributed by atoms with van der Waals surface area (Å²) in [6, 6.07) is 1.68. The first-order valence-electron chi connectivity index (χ1n) is 5.29. The number of nitrogens with one attached hydrogen (secondary N) is 2. The van der Waals surface area contributed by atoms with Gasteiger partial charge in [0, 0.05) is 6.07 Å². The summed E-state index contributed by atoms with van der Waals surface area (Å²) in [5.41, 5.74) is 0.264. The summed E-state index contributed by atoms with van der Waals surface area (Å²) in [4.78, 5) is 11.8. The highest BCUT2D eigenvalue weighted by molar-refractivity contribution is 5.98. The Morgan fingerprint density at radius 3 is 2.94 bits per heavy atom. The summed E-state index contributed by atoms with van der Waals surface area (Å²) < 4.78 is 31.8. The fraction of sp³-hybridized carbons (Fsp3) is 0.364. The zero-order chi connectivity index (χ0) is 12.0. The Hall–Kier alpha value is -1.69. The predicted octanol–water partition coefficient (Wildman–Crippen LogP) is 1.34. The number of amides is 1. The molecule has 0 spiro atoms. The van der Waals surface area contributed by atoms with Crippen LogP contribution in [0.2, 0.25) is 0 Å². The Balaban J connectivity index is 2.07. The summed E-state index contributed by atoms with van der Waals surface area (Å²) in [6.45, 7) is 0.650. The molecule has 2 unspecified atom stereocenters. The third-order valence-electron chi connectivity index (χ3n) is 3.06. The summed E-state index contributed by atoms with van der Waals surface area (Å²) >= 11 is 0. The zero-order valence-corrected chi connectivity index (χ0v) is 8.80. The Bertz CT molecular complexity index is 493. The second-order valence-electron chi connectivity index (χ2n) is 4.19. The van der Waals surface area contributed by atoms with E-state index in [2.05, 4.69) is 10.6 Å². The van der Waals surface area contributed by atoms with Gasteiger partial charge in [-0.15, -0.1) is 0 Å². The average Bonchev–Trinajstić information content (AvgIpc) is 2.66. The van der Waals surface area contributed by atoms with E-state index in [9.17, 15) is 13.6 Å². The second-order valence-corrected chi connectivity index (χ2v) is 4.19. The molecule has 17 heavy (non-hydrogen) atoms. The number of anilines is 2. The molecule has 1 amide bonds. The highest BCUT2D eigenvalue weighted by Gasteiger charge is 2.37. The van der Waals surface area contributed by atoms with E-state index in [1.165, 1.54) is 6.07 Å². The van der Waals surface area contributed by atoms with Gasteiger partial charge in [-0.2, -0.15) is 0 Å². The first kappa shape index (κ1) is 10.5. The van der Waals surface area contributed by atoms with Gasteiger partial charge in [-0.25, -0.2) is 8.78 Å². The number of ether oxygens (including phenoxy) is 1. The summed E-state index contributed by atoms with van der Waals surface area (Å²) in [7, 11) is 0. The molecule has 0 bridgehead atoms. The number of carbonyl (C=O) groups is 1. The van der Waals surface area contributed by atoms with Crippen molar-refractivity contribution >= 4 is 17.3 Å². The van der Waals surface area contributed by atoms with Gasteiger partial charge >= 0.3 is 0 Å². The van der Waals surface area contributed by atoms with Crippen LogP contribution in [0.4, 0.5) is 20.2 Å². The smallest absolute Gasteiger partial charge is 0.232 e. The van der Waals surface area contributed by atoms with E-state index in [0.29, 0.717) is 13.2 Å². The molecule has 0 aliphatic carbocycles. The predicted molar refractivity (Wildman–Crippen MR) is 56.7 cm³/mol. The van der Waals surface area contributed by atoms with E-state index < -0.39 is 11.6 Å². The molecular weight excluding hydrogens is 230 g/mol. The molecule has 1 aromatic rings. The molecular formula is C11H10F2N2O2. The second kappa shape index (κ2) is 3.66. The zero-order valence-electron chi connectivity index (χ0n) is 8.80. The minimum Gasteiger partial charge on any atom is -0.378 e. The first-order valence-corrected chi connectivity index (χ1v) is 5.29. The van der Waals surface area contributed by atoms with Crippen LogP contribution in [-0.4, -0.2) is 25.2 Å². The molecule has 1 saturated heterocycles. The molecule has 2 aliphatic rings. The average molecular weight is 240 g/mol. The topological polar surface area (TPSA) is 50.4 Å². The minimum atomic E-state index is -0.776. The van der Waals surface area contributed by atoms with Crippen LogP contribution in [0, 0.1) is 17.6 Å². The van der Waals surface area contributed by atoms with Crippen LogP contribution >= 0.6 is 0 Å². The maximum Gasteiger partial charge on any atom is 0.232 e. The van der Waals surface area contributed by atoms with Crippen molar-refractivity contribution in [2.75, 3.05) is 23.8 Å². The van der Waals surface area contributed by atoms with Gasteiger partial charge in [0.1, 0.15) is 11.5 Å². The van der Waals surface area contributed by atoms with Gasteiger partial charge in [0.2, 0.25) is 5.91 Å². The first-order chi connectivity index (χ1) is 8.15.